The van der Waals surface area contributed by atoms with E-state index in [2.05, 4.69) is 51.5 Å². The van der Waals surface area contributed by atoms with Crippen molar-refractivity contribution in [3.63, 3.8) is 0 Å². The molecule has 0 atom stereocenters. The van der Waals surface area contributed by atoms with Crippen molar-refractivity contribution in [3.05, 3.63) is 36.0 Å². The van der Waals surface area contributed by atoms with Gasteiger partial charge in [-0.05, 0) is 30.5 Å². The Hall–Kier alpha value is -1.97. The summed E-state index contributed by atoms with van der Waals surface area (Å²) < 4.78 is 0. The Balaban J connectivity index is 1.63. The highest BCUT2D eigenvalue weighted by Crippen LogP contribution is 2.17. The largest absolute Gasteiger partial charge is 0.361 e. The van der Waals surface area contributed by atoms with E-state index in [1.54, 1.807) is 0 Å². The predicted octanol–water partition coefficient (Wildman–Crippen LogP) is 1.99. The lowest BCUT2D eigenvalue weighted by Crippen LogP contribution is -2.42. The maximum absolute atomic E-state index is 4.52. The van der Waals surface area contributed by atoms with Gasteiger partial charge in [0.05, 0.1) is 0 Å². The molecule has 0 unspecified atom stereocenters. The van der Waals surface area contributed by atoms with Crippen LogP contribution in [0.1, 0.15) is 12.0 Å². The van der Waals surface area contributed by atoms with Crippen LogP contribution < -0.4 is 5.32 Å². The first-order valence-corrected chi connectivity index (χ1v) is 6.89. The highest BCUT2D eigenvalue weighted by atomic mass is 15.3. The SMILES string of the molecule is CN1CCCN=C1NCCc1cccc2[nH]ccc12. The van der Waals surface area contributed by atoms with E-state index in [4.69, 9.17) is 0 Å². The summed E-state index contributed by atoms with van der Waals surface area (Å²) in [5.41, 5.74) is 2.59. The molecule has 0 amide bonds. The van der Waals surface area contributed by atoms with Gasteiger partial charge in [0.2, 0.25) is 0 Å². The van der Waals surface area contributed by atoms with Crippen molar-refractivity contribution >= 4 is 16.9 Å². The van der Waals surface area contributed by atoms with Gasteiger partial charge in [-0.15, -0.1) is 0 Å². The fourth-order valence-electron chi connectivity index (χ4n) is 2.59. The van der Waals surface area contributed by atoms with Gasteiger partial charge in [-0.1, -0.05) is 12.1 Å². The van der Waals surface area contributed by atoms with Crippen molar-refractivity contribution in [2.24, 2.45) is 4.99 Å². The summed E-state index contributed by atoms with van der Waals surface area (Å²) >= 11 is 0. The first kappa shape index (κ1) is 12.1. The molecule has 1 aromatic heterocycles. The number of aliphatic imine (C=N–C) groups is 1. The quantitative estimate of drug-likeness (QED) is 0.882. The third-order valence-electron chi connectivity index (χ3n) is 3.64. The van der Waals surface area contributed by atoms with Crippen LogP contribution in [0.15, 0.2) is 35.5 Å². The fraction of sp³-hybridized carbons (Fsp3) is 0.400. The summed E-state index contributed by atoms with van der Waals surface area (Å²) in [5, 5.41) is 4.76. The molecule has 19 heavy (non-hydrogen) atoms. The first-order valence-electron chi connectivity index (χ1n) is 6.89. The van der Waals surface area contributed by atoms with Crippen LogP contribution in [-0.2, 0) is 6.42 Å². The molecule has 1 aliphatic rings. The van der Waals surface area contributed by atoms with Crippen LogP contribution in [-0.4, -0.2) is 42.5 Å². The van der Waals surface area contributed by atoms with E-state index in [0.29, 0.717) is 0 Å². The maximum Gasteiger partial charge on any atom is 0.193 e. The summed E-state index contributed by atoms with van der Waals surface area (Å²) in [5.74, 6) is 1.03. The molecule has 2 aromatic rings. The lowest BCUT2D eigenvalue weighted by Gasteiger charge is -2.25. The summed E-state index contributed by atoms with van der Waals surface area (Å²) in [4.78, 5) is 9.97. The fourth-order valence-corrected chi connectivity index (χ4v) is 2.59. The third-order valence-corrected chi connectivity index (χ3v) is 3.64. The molecule has 0 saturated heterocycles. The molecule has 0 fully saturated rings. The average Bonchev–Trinajstić information content (AvgIpc) is 2.90. The minimum absolute atomic E-state index is 0.924. The van der Waals surface area contributed by atoms with Gasteiger partial charge < -0.3 is 15.2 Å². The molecule has 0 bridgehead atoms. The number of aromatic nitrogens is 1. The third kappa shape index (κ3) is 2.57. The molecule has 4 nitrogen and oxygen atoms in total. The maximum atomic E-state index is 4.52. The number of aromatic amines is 1. The molecule has 0 saturated carbocycles. The van der Waals surface area contributed by atoms with Crippen LogP contribution >= 0.6 is 0 Å². The van der Waals surface area contributed by atoms with Crippen LogP contribution in [0.25, 0.3) is 10.9 Å². The first-order chi connectivity index (χ1) is 9.34. The smallest absolute Gasteiger partial charge is 0.193 e. The number of benzene rings is 1. The summed E-state index contributed by atoms with van der Waals surface area (Å²) in [6.45, 7) is 2.97. The van der Waals surface area contributed by atoms with Gasteiger partial charge in [0.25, 0.3) is 0 Å². The van der Waals surface area contributed by atoms with Crippen LogP contribution in [0.2, 0.25) is 0 Å². The molecule has 3 rings (SSSR count). The lowest BCUT2D eigenvalue weighted by atomic mass is 10.1. The normalized spacial score (nSPS) is 15.6. The van der Waals surface area contributed by atoms with E-state index in [1.165, 1.54) is 16.5 Å². The van der Waals surface area contributed by atoms with E-state index >= 15 is 0 Å². The van der Waals surface area contributed by atoms with Gasteiger partial charge in [-0.3, -0.25) is 4.99 Å². The van der Waals surface area contributed by atoms with Crippen molar-refractivity contribution in [2.75, 3.05) is 26.7 Å². The average molecular weight is 256 g/mol. The number of fused-ring (bicyclic) bond motifs is 1. The molecular formula is C15H20N4. The van der Waals surface area contributed by atoms with E-state index in [-0.39, 0.29) is 0 Å². The van der Waals surface area contributed by atoms with Crippen molar-refractivity contribution in [1.29, 1.82) is 0 Å². The van der Waals surface area contributed by atoms with Gasteiger partial charge in [0.15, 0.2) is 5.96 Å². The van der Waals surface area contributed by atoms with Crippen molar-refractivity contribution in [3.8, 4) is 0 Å². The Kier molecular flexibility index (Phi) is 3.40. The van der Waals surface area contributed by atoms with Crippen LogP contribution in [0.3, 0.4) is 0 Å². The van der Waals surface area contributed by atoms with Gasteiger partial charge in [0, 0.05) is 43.8 Å². The number of nitrogens with one attached hydrogen (secondary N) is 2. The lowest BCUT2D eigenvalue weighted by molar-refractivity contribution is 0.447. The van der Waals surface area contributed by atoms with E-state index in [9.17, 15) is 0 Å². The topological polar surface area (TPSA) is 43.4 Å². The standard InChI is InChI=1S/C15H20N4/c1-19-11-3-8-17-15(19)18-9-6-12-4-2-5-14-13(12)7-10-16-14/h2,4-5,7,10,16H,3,6,8-9,11H2,1H3,(H,17,18). The van der Waals surface area contributed by atoms with Gasteiger partial charge in [-0.25, -0.2) is 0 Å². The Morgan fingerprint density at radius 3 is 3.21 bits per heavy atom. The Bertz CT molecular complexity index is 585. The second-order valence-electron chi connectivity index (χ2n) is 5.01. The van der Waals surface area contributed by atoms with Crippen LogP contribution in [0, 0.1) is 0 Å². The van der Waals surface area contributed by atoms with Gasteiger partial charge >= 0.3 is 0 Å². The molecule has 0 aliphatic carbocycles. The van der Waals surface area contributed by atoms with Crippen LogP contribution in [0.4, 0.5) is 0 Å². The van der Waals surface area contributed by atoms with Crippen LogP contribution in [0.5, 0.6) is 0 Å². The summed E-state index contributed by atoms with van der Waals surface area (Å²) in [6.07, 6.45) is 4.17. The zero-order chi connectivity index (χ0) is 13.1. The molecule has 2 N–H and O–H groups in total. The number of nitrogens with zero attached hydrogens (tertiary/aromatic N) is 2. The minimum atomic E-state index is 0.924. The van der Waals surface area contributed by atoms with E-state index in [0.717, 1.165) is 38.4 Å². The summed E-state index contributed by atoms with van der Waals surface area (Å²) in [6, 6.07) is 8.57. The number of guanidine groups is 1. The summed E-state index contributed by atoms with van der Waals surface area (Å²) in [7, 11) is 2.10. The Morgan fingerprint density at radius 2 is 2.32 bits per heavy atom. The highest BCUT2D eigenvalue weighted by Gasteiger charge is 2.10. The Morgan fingerprint density at radius 1 is 1.37 bits per heavy atom. The van der Waals surface area contributed by atoms with E-state index in [1.807, 2.05) is 6.20 Å². The molecule has 1 aromatic carbocycles. The van der Waals surface area contributed by atoms with E-state index < -0.39 is 0 Å². The number of hydrogen-bond donors (Lipinski definition) is 2. The molecule has 1 aliphatic heterocycles. The van der Waals surface area contributed by atoms with Crippen molar-refractivity contribution < 1.29 is 0 Å². The second kappa shape index (κ2) is 5.34. The molecule has 100 valence electrons. The number of H-pyrrole nitrogens is 1. The van der Waals surface area contributed by atoms with Crippen molar-refractivity contribution in [1.82, 2.24) is 15.2 Å². The van der Waals surface area contributed by atoms with Gasteiger partial charge in [-0.2, -0.15) is 0 Å². The zero-order valence-electron chi connectivity index (χ0n) is 11.3. The molecule has 0 radical (unpaired) electrons. The van der Waals surface area contributed by atoms with Gasteiger partial charge in [0.1, 0.15) is 0 Å². The Labute approximate surface area is 113 Å². The second-order valence-corrected chi connectivity index (χ2v) is 5.01. The highest BCUT2D eigenvalue weighted by molar-refractivity contribution is 5.83. The minimum Gasteiger partial charge on any atom is -0.361 e. The molecular weight excluding hydrogens is 236 g/mol. The monoisotopic (exact) mass is 256 g/mol. The predicted molar refractivity (Wildman–Crippen MR) is 79.6 cm³/mol. The molecule has 0 spiro atoms. The molecule has 2 heterocycles. The zero-order valence-corrected chi connectivity index (χ0v) is 11.3. The van der Waals surface area contributed by atoms with Crippen molar-refractivity contribution in [2.45, 2.75) is 12.8 Å². The number of hydrogen-bond acceptors (Lipinski definition) is 3. The number of rotatable bonds is 3. The molecule has 4 heteroatoms.